The lowest BCUT2D eigenvalue weighted by Gasteiger charge is -2.32. The van der Waals surface area contributed by atoms with E-state index in [0.29, 0.717) is 0 Å². The Morgan fingerprint density at radius 3 is 2.45 bits per heavy atom. The van der Waals surface area contributed by atoms with Crippen LogP contribution in [0.5, 0.6) is 0 Å². The Morgan fingerprint density at radius 1 is 1.35 bits per heavy atom. The van der Waals surface area contributed by atoms with Crippen molar-refractivity contribution in [3.8, 4) is 0 Å². The number of carboxylic acids is 1. The van der Waals surface area contributed by atoms with Gasteiger partial charge in [0.05, 0.1) is 7.11 Å². The molecule has 1 heterocycles. The Bertz CT molecular complexity index is 482. The molecule has 2 rings (SSSR count). The number of methoxy groups -OCH3 is 1. The molecule has 0 spiro atoms. The second-order valence-corrected chi connectivity index (χ2v) is 5.28. The largest absolute Gasteiger partial charge is 0.480 e. The number of aromatic nitrogens is 1. The van der Waals surface area contributed by atoms with Gasteiger partial charge in [0.15, 0.2) is 5.41 Å². The summed E-state index contributed by atoms with van der Waals surface area (Å²) in [5.41, 5.74) is -0.688. The maximum absolute atomic E-state index is 12.2. The molecule has 0 radical (unpaired) electrons. The third kappa shape index (κ3) is 2.53. The number of nitrogens with zero attached hydrogens (tertiary/aromatic N) is 1. The van der Waals surface area contributed by atoms with E-state index in [1.54, 1.807) is 24.5 Å². The minimum Gasteiger partial charge on any atom is -0.480 e. The molecule has 0 aliphatic heterocycles. The van der Waals surface area contributed by atoms with Crippen molar-refractivity contribution in [2.45, 2.75) is 32.1 Å². The first-order valence-corrected chi connectivity index (χ1v) is 6.82. The minimum absolute atomic E-state index is 0.155. The third-order valence-corrected chi connectivity index (χ3v) is 4.22. The van der Waals surface area contributed by atoms with Crippen LogP contribution in [0.1, 0.15) is 31.2 Å². The highest BCUT2D eigenvalue weighted by Gasteiger charge is 2.54. The molecule has 20 heavy (non-hydrogen) atoms. The second-order valence-electron chi connectivity index (χ2n) is 5.28. The molecule has 1 aromatic rings. The molecule has 1 unspecified atom stereocenters. The molecule has 1 saturated carbocycles. The summed E-state index contributed by atoms with van der Waals surface area (Å²) in [4.78, 5) is 28.1. The summed E-state index contributed by atoms with van der Waals surface area (Å²) in [5.74, 6) is -1.90. The van der Waals surface area contributed by atoms with E-state index in [0.717, 1.165) is 31.2 Å². The zero-order valence-electron chi connectivity index (χ0n) is 11.5. The first-order chi connectivity index (χ1) is 9.61. The maximum Gasteiger partial charge on any atom is 0.323 e. The van der Waals surface area contributed by atoms with Crippen molar-refractivity contribution in [1.29, 1.82) is 0 Å². The van der Waals surface area contributed by atoms with Gasteiger partial charge in [0.2, 0.25) is 0 Å². The highest BCUT2D eigenvalue weighted by molar-refractivity contribution is 6.00. The number of hydrogen-bond donors (Lipinski definition) is 1. The standard InChI is InChI=1S/C15H19NO4/c1-20-14(19)15(13(17)18,12-4-2-3-5-12)10-11-6-8-16-9-7-11/h6-9,12H,2-5,10H2,1H3,(H,17,18). The summed E-state index contributed by atoms with van der Waals surface area (Å²) in [7, 11) is 1.25. The highest BCUT2D eigenvalue weighted by atomic mass is 16.5. The molecular weight excluding hydrogens is 258 g/mol. The lowest BCUT2D eigenvalue weighted by molar-refractivity contribution is -0.171. The number of esters is 1. The number of carboxylic acid groups (broad SMARTS) is 1. The molecule has 1 N–H and O–H groups in total. The van der Waals surface area contributed by atoms with Gasteiger partial charge in [-0.2, -0.15) is 0 Å². The van der Waals surface area contributed by atoms with Crippen molar-refractivity contribution in [2.24, 2.45) is 11.3 Å². The Morgan fingerprint density at radius 2 is 1.95 bits per heavy atom. The van der Waals surface area contributed by atoms with Crippen LogP contribution in [0, 0.1) is 11.3 Å². The quantitative estimate of drug-likeness (QED) is 0.658. The lowest BCUT2D eigenvalue weighted by atomic mass is 9.70. The van der Waals surface area contributed by atoms with Crippen LogP contribution in [-0.2, 0) is 20.7 Å². The highest BCUT2D eigenvalue weighted by Crippen LogP contribution is 2.43. The summed E-state index contributed by atoms with van der Waals surface area (Å²) < 4.78 is 4.83. The second kappa shape index (κ2) is 6.03. The van der Waals surface area contributed by atoms with Crippen LogP contribution in [-0.4, -0.2) is 29.1 Å². The van der Waals surface area contributed by atoms with Gasteiger partial charge in [0, 0.05) is 12.4 Å². The summed E-state index contributed by atoms with van der Waals surface area (Å²) in [6.45, 7) is 0. The number of ether oxygens (including phenoxy) is 1. The molecule has 1 aromatic heterocycles. The van der Waals surface area contributed by atoms with Gasteiger partial charge in [-0.1, -0.05) is 12.8 Å². The molecule has 1 atom stereocenters. The van der Waals surface area contributed by atoms with Gasteiger partial charge in [-0.3, -0.25) is 14.6 Å². The molecule has 0 aromatic carbocycles. The number of aliphatic carboxylic acids is 1. The lowest BCUT2D eigenvalue weighted by Crippen LogP contribution is -2.47. The fourth-order valence-electron chi connectivity index (χ4n) is 3.14. The molecule has 0 bridgehead atoms. The summed E-state index contributed by atoms with van der Waals surface area (Å²) >= 11 is 0. The van der Waals surface area contributed by atoms with Crippen molar-refractivity contribution >= 4 is 11.9 Å². The summed E-state index contributed by atoms with van der Waals surface area (Å²) in [6.07, 6.45) is 6.81. The summed E-state index contributed by atoms with van der Waals surface area (Å²) in [6, 6.07) is 3.49. The maximum atomic E-state index is 12.2. The van der Waals surface area contributed by atoms with Crippen molar-refractivity contribution in [3.63, 3.8) is 0 Å². The van der Waals surface area contributed by atoms with Gasteiger partial charge in [0.1, 0.15) is 0 Å². The molecule has 108 valence electrons. The molecule has 1 fully saturated rings. The number of rotatable bonds is 5. The topological polar surface area (TPSA) is 76.5 Å². The molecule has 0 saturated heterocycles. The van der Waals surface area contributed by atoms with E-state index >= 15 is 0 Å². The predicted octanol–water partition coefficient (Wildman–Crippen LogP) is 2.06. The Kier molecular flexibility index (Phi) is 4.37. The van der Waals surface area contributed by atoms with E-state index in [1.165, 1.54) is 7.11 Å². The first-order valence-electron chi connectivity index (χ1n) is 6.82. The normalized spacial score (nSPS) is 18.4. The zero-order chi connectivity index (χ0) is 14.6. The third-order valence-electron chi connectivity index (χ3n) is 4.22. The first kappa shape index (κ1) is 14.5. The average Bonchev–Trinajstić information content (AvgIpc) is 2.99. The van der Waals surface area contributed by atoms with Crippen LogP contribution in [0.3, 0.4) is 0 Å². The van der Waals surface area contributed by atoms with Crippen molar-refractivity contribution in [1.82, 2.24) is 4.98 Å². The average molecular weight is 277 g/mol. The zero-order valence-corrected chi connectivity index (χ0v) is 11.5. The van der Waals surface area contributed by atoms with Crippen LogP contribution in [0.4, 0.5) is 0 Å². The number of carbonyl (C=O) groups is 2. The van der Waals surface area contributed by atoms with Crippen molar-refractivity contribution in [2.75, 3.05) is 7.11 Å². The van der Waals surface area contributed by atoms with E-state index in [4.69, 9.17) is 4.74 Å². The predicted molar refractivity (Wildman–Crippen MR) is 72.0 cm³/mol. The number of carbonyl (C=O) groups excluding carboxylic acids is 1. The van der Waals surface area contributed by atoms with Gasteiger partial charge in [0.25, 0.3) is 0 Å². The van der Waals surface area contributed by atoms with Crippen LogP contribution in [0.15, 0.2) is 24.5 Å². The Balaban J connectivity index is 2.40. The smallest absolute Gasteiger partial charge is 0.323 e. The van der Waals surface area contributed by atoms with E-state index in [9.17, 15) is 14.7 Å². The van der Waals surface area contributed by atoms with Gasteiger partial charge in [-0.25, -0.2) is 0 Å². The van der Waals surface area contributed by atoms with Crippen LogP contribution >= 0.6 is 0 Å². The van der Waals surface area contributed by atoms with Crippen molar-refractivity contribution in [3.05, 3.63) is 30.1 Å². The minimum atomic E-state index is -1.48. The molecule has 5 heteroatoms. The molecule has 5 nitrogen and oxygen atoms in total. The van der Waals surface area contributed by atoms with Gasteiger partial charge >= 0.3 is 11.9 Å². The van der Waals surface area contributed by atoms with Gasteiger partial charge in [-0.15, -0.1) is 0 Å². The van der Waals surface area contributed by atoms with Crippen molar-refractivity contribution < 1.29 is 19.4 Å². The number of hydrogen-bond acceptors (Lipinski definition) is 4. The van der Waals surface area contributed by atoms with E-state index in [1.807, 2.05) is 0 Å². The molecule has 1 aliphatic rings. The Hall–Kier alpha value is -1.91. The van der Waals surface area contributed by atoms with Gasteiger partial charge < -0.3 is 9.84 Å². The molecular formula is C15H19NO4. The van der Waals surface area contributed by atoms with Crippen LogP contribution in [0.25, 0.3) is 0 Å². The van der Waals surface area contributed by atoms with Crippen LogP contribution < -0.4 is 0 Å². The molecule has 1 aliphatic carbocycles. The fourth-order valence-corrected chi connectivity index (χ4v) is 3.14. The fraction of sp³-hybridized carbons (Fsp3) is 0.533. The van der Waals surface area contributed by atoms with Crippen LogP contribution in [0.2, 0.25) is 0 Å². The Labute approximate surface area is 118 Å². The summed E-state index contributed by atoms with van der Waals surface area (Å²) in [5, 5.41) is 9.73. The van der Waals surface area contributed by atoms with E-state index < -0.39 is 17.4 Å². The van der Waals surface area contributed by atoms with E-state index in [-0.39, 0.29) is 12.3 Å². The number of pyridine rings is 1. The molecule has 0 amide bonds. The van der Waals surface area contributed by atoms with E-state index in [2.05, 4.69) is 4.98 Å². The van der Waals surface area contributed by atoms with Gasteiger partial charge in [-0.05, 0) is 42.9 Å². The monoisotopic (exact) mass is 277 g/mol. The SMILES string of the molecule is COC(=O)C(Cc1ccncc1)(C(=O)O)C1CCCC1.